The third-order valence-electron chi connectivity index (χ3n) is 6.34. The Morgan fingerprint density at radius 3 is 2.32 bits per heavy atom. The van der Waals surface area contributed by atoms with Crippen LogP contribution in [-0.2, 0) is 13.1 Å². The Bertz CT molecular complexity index is 1650. The Kier molecular flexibility index (Phi) is 6.97. The quantitative estimate of drug-likeness (QED) is 0.283. The lowest BCUT2D eigenvalue weighted by Gasteiger charge is -2.14. The zero-order chi connectivity index (χ0) is 25.9. The maximum absolute atomic E-state index is 13.7. The van der Waals surface area contributed by atoms with E-state index >= 15 is 0 Å². The zero-order valence-corrected chi connectivity index (χ0v) is 21.4. The van der Waals surface area contributed by atoms with E-state index in [4.69, 9.17) is 16.3 Å². The highest BCUT2D eigenvalue weighted by Crippen LogP contribution is 2.21. The molecular weight excluding hydrogens is 488 g/mol. The summed E-state index contributed by atoms with van der Waals surface area (Å²) in [5.41, 5.74) is 2.39. The summed E-state index contributed by atoms with van der Waals surface area (Å²) in [4.78, 5) is 31.9. The Hall–Kier alpha value is -4.10. The average molecular weight is 515 g/mol. The first-order valence-corrected chi connectivity index (χ1v) is 12.5. The lowest BCUT2D eigenvalue weighted by molar-refractivity contribution is 0.293. The molecule has 2 aromatic heterocycles. The topological polar surface area (TPSA) is 71.1 Å². The first kappa shape index (κ1) is 24.6. The Balaban J connectivity index is 1.63. The van der Waals surface area contributed by atoms with Gasteiger partial charge in [-0.2, -0.15) is 0 Å². The third-order valence-corrected chi connectivity index (χ3v) is 6.71. The fourth-order valence-corrected chi connectivity index (χ4v) is 4.52. The normalized spacial score (nSPS) is 11.4. The first-order chi connectivity index (χ1) is 17.9. The summed E-state index contributed by atoms with van der Waals surface area (Å²) < 4.78 is 10.2. The molecule has 0 amide bonds. The van der Waals surface area contributed by atoms with Crippen LogP contribution in [-0.4, -0.2) is 25.3 Å². The van der Waals surface area contributed by atoms with Crippen LogP contribution in [0.15, 0.2) is 94.8 Å². The minimum Gasteiger partial charge on any atom is -0.492 e. The number of nitrogens with zero attached hydrogens (tertiary/aromatic N) is 4. The van der Waals surface area contributed by atoms with Gasteiger partial charge in [0.1, 0.15) is 12.4 Å². The van der Waals surface area contributed by atoms with Gasteiger partial charge in [0.05, 0.1) is 25.1 Å². The van der Waals surface area contributed by atoms with E-state index in [9.17, 15) is 9.59 Å². The van der Waals surface area contributed by atoms with E-state index in [1.165, 1.54) is 9.13 Å². The van der Waals surface area contributed by atoms with Crippen molar-refractivity contribution in [1.29, 1.82) is 0 Å². The molecule has 188 valence electrons. The summed E-state index contributed by atoms with van der Waals surface area (Å²) in [6.07, 6.45) is 1.58. The minimum atomic E-state index is -0.463. The molecule has 37 heavy (non-hydrogen) atoms. The van der Waals surface area contributed by atoms with E-state index in [0.29, 0.717) is 40.1 Å². The molecule has 5 aromatic rings. The predicted octanol–water partition coefficient (Wildman–Crippen LogP) is 5.25. The molecule has 8 heteroatoms. The molecule has 0 spiro atoms. The number of fused-ring (bicyclic) bond motifs is 1. The highest BCUT2D eigenvalue weighted by molar-refractivity contribution is 6.31. The fraction of sp³-hybridized carbons (Fsp3) is 0.207. The van der Waals surface area contributed by atoms with Crippen molar-refractivity contribution in [2.45, 2.75) is 32.9 Å². The molecule has 5 rings (SSSR count). The van der Waals surface area contributed by atoms with Gasteiger partial charge in [0, 0.05) is 5.02 Å². The predicted molar refractivity (Wildman–Crippen MR) is 146 cm³/mol. The average Bonchev–Trinajstić information content (AvgIpc) is 3.31. The number of rotatable bonds is 8. The highest BCUT2D eigenvalue weighted by atomic mass is 35.5. The molecule has 0 N–H and O–H groups in total. The molecule has 0 bridgehead atoms. The van der Waals surface area contributed by atoms with E-state index in [-0.39, 0.29) is 13.2 Å². The van der Waals surface area contributed by atoms with Crippen molar-refractivity contribution < 1.29 is 4.74 Å². The molecule has 0 saturated carbocycles. The number of benzene rings is 3. The Labute approximate surface area is 219 Å². The molecule has 0 aliphatic rings. The molecular formula is C29H27ClN4O3. The number of ether oxygens (including phenoxy) is 1. The number of para-hydroxylation sites is 1. The van der Waals surface area contributed by atoms with Gasteiger partial charge in [-0.05, 0) is 47.4 Å². The second-order valence-electron chi connectivity index (χ2n) is 9.12. The molecule has 0 fully saturated rings. The number of aromatic nitrogens is 4. The number of hydrogen-bond donors (Lipinski definition) is 0. The molecule has 7 nitrogen and oxygen atoms in total. The summed E-state index contributed by atoms with van der Waals surface area (Å²) in [7, 11) is 0. The molecule has 0 atom stereocenters. The van der Waals surface area contributed by atoms with E-state index in [0.717, 1.165) is 11.1 Å². The van der Waals surface area contributed by atoms with Crippen molar-refractivity contribution in [3.63, 3.8) is 0 Å². The van der Waals surface area contributed by atoms with Crippen LogP contribution in [0.2, 0.25) is 5.02 Å². The molecule has 0 aliphatic carbocycles. The zero-order valence-electron chi connectivity index (χ0n) is 20.7. The summed E-state index contributed by atoms with van der Waals surface area (Å²) in [5.74, 6) is 1.02. The van der Waals surface area contributed by atoms with E-state index in [1.54, 1.807) is 17.0 Å². The van der Waals surface area contributed by atoms with E-state index in [2.05, 4.69) is 18.8 Å². The Morgan fingerprint density at radius 1 is 0.919 bits per heavy atom. The van der Waals surface area contributed by atoms with Crippen LogP contribution in [0.4, 0.5) is 0 Å². The van der Waals surface area contributed by atoms with Gasteiger partial charge in [-0.25, -0.2) is 14.3 Å². The van der Waals surface area contributed by atoms with Crippen LogP contribution < -0.4 is 16.0 Å². The van der Waals surface area contributed by atoms with Crippen molar-refractivity contribution >= 4 is 22.8 Å². The van der Waals surface area contributed by atoms with Gasteiger partial charge in [-0.1, -0.05) is 74.0 Å². The summed E-state index contributed by atoms with van der Waals surface area (Å²) in [6, 6.07) is 24.5. The van der Waals surface area contributed by atoms with Gasteiger partial charge in [0.15, 0.2) is 11.2 Å². The van der Waals surface area contributed by atoms with Crippen molar-refractivity contribution in [3.05, 3.63) is 122 Å². The van der Waals surface area contributed by atoms with Gasteiger partial charge < -0.3 is 9.30 Å². The first-order valence-electron chi connectivity index (χ1n) is 12.2. The Morgan fingerprint density at radius 2 is 1.62 bits per heavy atom. The number of hydrogen-bond acceptors (Lipinski definition) is 4. The van der Waals surface area contributed by atoms with Gasteiger partial charge in [0.2, 0.25) is 0 Å². The van der Waals surface area contributed by atoms with Gasteiger partial charge in [-0.3, -0.25) is 9.36 Å². The van der Waals surface area contributed by atoms with E-state index < -0.39 is 11.2 Å². The largest absolute Gasteiger partial charge is 0.492 e. The van der Waals surface area contributed by atoms with Gasteiger partial charge >= 0.3 is 5.69 Å². The van der Waals surface area contributed by atoms with Crippen molar-refractivity contribution in [3.8, 4) is 11.4 Å². The fourth-order valence-electron chi connectivity index (χ4n) is 4.32. The van der Waals surface area contributed by atoms with Crippen molar-refractivity contribution in [1.82, 2.24) is 18.7 Å². The van der Waals surface area contributed by atoms with Crippen LogP contribution in [0.5, 0.6) is 5.75 Å². The second kappa shape index (κ2) is 10.5. The molecule has 3 aromatic carbocycles. The van der Waals surface area contributed by atoms with Crippen LogP contribution in [0, 0.1) is 0 Å². The van der Waals surface area contributed by atoms with Crippen LogP contribution in [0.1, 0.15) is 30.9 Å². The minimum absolute atomic E-state index is 0.0872. The lowest BCUT2D eigenvalue weighted by atomic mass is 10.0. The highest BCUT2D eigenvalue weighted by Gasteiger charge is 2.20. The molecule has 0 saturated heterocycles. The summed E-state index contributed by atoms with van der Waals surface area (Å²) in [5, 5.41) is 0.596. The van der Waals surface area contributed by atoms with Gasteiger partial charge in [0.25, 0.3) is 5.56 Å². The smallest absolute Gasteiger partial charge is 0.337 e. The third kappa shape index (κ3) is 4.95. The molecule has 2 heterocycles. The molecule has 0 aliphatic heterocycles. The van der Waals surface area contributed by atoms with Gasteiger partial charge in [-0.15, -0.1) is 0 Å². The summed E-state index contributed by atoms with van der Waals surface area (Å²) in [6.45, 7) is 4.82. The van der Waals surface area contributed by atoms with Crippen LogP contribution >= 0.6 is 11.6 Å². The number of halogens is 1. The van der Waals surface area contributed by atoms with Crippen molar-refractivity contribution in [2.75, 3.05) is 6.61 Å². The molecule has 0 unspecified atom stereocenters. The van der Waals surface area contributed by atoms with Crippen LogP contribution in [0.25, 0.3) is 16.9 Å². The van der Waals surface area contributed by atoms with E-state index in [1.807, 2.05) is 72.8 Å². The number of imidazole rings is 1. The summed E-state index contributed by atoms with van der Waals surface area (Å²) >= 11 is 6.39. The maximum Gasteiger partial charge on any atom is 0.337 e. The molecule has 0 radical (unpaired) electrons. The van der Waals surface area contributed by atoms with Crippen molar-refractivity contribution in [2.24, 2.45) is 0 Å². The van der Waals surface area contributed by atoms with Crippen LogP contribution in [0.3, 0.4) is 0 Å². The SMILES string of the molecule is CC(C)c1ccc(-n2c(=O)n(CCOc3ccccc3)c(=O)c3c2ncn3Cc2ccccc2Cl)cc1. The lowest BCUT2D eigenvalue weighted by Crippen LogP contribution is -2.41. The maximum atomic E-state index is 13.7. The second-order valence-corrected chi connectivity index (χ2v) is 9.53. The monoisotopic (exact) mass is 514 g/mol. The standard InChI is InChI=1S/C29H27ClN4O3/c1-20(2)21-12-14-23(15-13-21)34-27-26(32(19-31-27)18-22-8-6-7-11-25(22)30)28(35)33(29(34)36)16-17-37-24-9-4-3-5-10-24/h3-15,19-20H,16-18H2,1-2H3.